The highest BCUT2D eigenvalue weighted by Crippen LogP contribution is 2.16. The first-order valence-corrected chi connectivity index (χ1v) is 7.72. The molecule has 1 amide bonds. The summed E-state index contributed by atoms with van der Waals surface area (Å²) in [7, 11) is 0. The van der Waals surface area contributed by atoms with E-state index in [9.17, 15) is 9.59 Å². The fraction of sp³-hybridized carbons (Fsp3) is 0.200. The van der Waals surface area contributed by atoms with Crippen molar-refractivity contribution >= 4 is 34.8 Å². The van der Waals surface area contributed by atoms with Crippen molar-refractivity contribution in [3.63, 3.8) is 0 Å². The number of carbonyl (C=O) groups is 2. The van der Waals surface area contributed by atoms with Crippen LogP contribution in [0.5, 0.6) is 5.75 Å². The molecule has 116 valence electrons. The Labute approximate surface area is 136 Å². The summed E-state index contributed by atoms with van der Waals surface area (Å²) < 4.78 is 10.0. The highest BCUT2D eigenvalue weighted by atomic mass is 35.5. The molecule has 0 radical (unpaired) electrons. The molecule has 1 aromatic carbocycles. The van der Waals surface area contributed by atoms with E-state index in [1.54, 1.807) is 35.6 Å². The first kappa shape index (κ1) is 16.3. The molecule has 0 saturated carbocycles. The number of hydrogen-bond donors (Lipinski definition) is 1. The number of esters is 1. The minimum atomic E-state index is -0.619. The Kier molecular flexibility index (Phi) is 6.24. The summed E-state index contributed by atoms with van der Waals surface area (Å²) in [6.07, 6.45) is 0. The standard InChI is InChI=1S/C15H14ClNO4S/c16-11-3-1-4-12(7-11)20-10-15(19)21-9-14(18)17-8-13-5-2-6-22-13/h1-7H,8-10H2,(H,17,18). The van der Waals surface area contributed by atoms with Gasteiger partial charge in [-0.2, -0.15) is 0 Å². The molecule has 0 aliphatic rings. The number of nitrogens with one attached hydrogen (secondary N) is 1. The lowest BCUT2D eigenvalue weighted by atomic mass is 10.3. The lowest BCUT2D eigenvalue weighted by molar-refractivity contribution is -0.150. The van der Waals surface area contributed by atoms with Gasteiger partial charge >= 0.3 is 5.97 Å². The molecule has 0 fully saturated rings. The predicted molar refractivity (Wildman–Crippen MR) is 84.1 cm³/mol. The van der Waals surface area contributed by atoms with Crippen LogP contribution in [0.1, 0.15) is 4.88 Å². The van der Waals surface area contributed by atoms with E-state index < -0.39 is 5.97 Å². The average Bonchev–Trinajstić information content (AvgIpc) is 3.02. The average molecular weight is 340 g/mol. The molecule has 0 aliphatic heterocycles. The summed E-state index contributed by atoms with van der Waals surface area (Å²) in [4.78, 5) is 24.0. The maximum Gasteiger partial charge on any atom is 0.344 e. The Morgan fingerprint density at radius 3 is 2.77 bits per heavy atom. The Bertz CT molecular complexity index is 630. The van der Waals surface area contributed by atoms with E-state index in [1.807, 2.05) is 17.5 Å². The molecule has 0 spiro atoms. The fourth-order valence-electron chi connectivity index (χ4n) is 1.54. The third-order valence-corrected chi connectivity index (χ3v) is 3.67. The number of thiophene rings is 1. The Morgan fingerprint density at radius 2 is 2.05 bits per heavy atom. The summed E-state index contributed by atoms with van der Waals surface area (Å²) >= 11 is 7.33. The van der Waals surface area contributed by atoms with Gasteiger partial charge in [0.15, 0.2) is 13.2 Å². The monoisotopic (exact) mass is 339 g/mol. The Balaban J connectivity index is 1.63. The van der Waals surface area contributed by atoms with Crippen molar-refractivity contribution in [3.8, 4) is 5.75 Å². The van der Waals surface area contributed by atoms with E-state index in [2.05, 4.69) is 5.32 Å². The minimum Gasteiger partial charge on any atom is -0.482 e. The summed E-state index contributed by atoms with van der Waals surface area (Å²) in [6, 6.07) is 10.5. The number of amides is 1. The SMILES string of the molecule is O=C(COC(=O)COc1cccc(Cl)c1)NCc1cccs1. The van der Waals surface area contributed by atoms with Crippen LogP contribution in [-0.2, 0) is 20.9 Å². The van der Waals surface area contributed by atoms with Crippen LogP contribution >= 0.6 is 22.9 Å². The number of hydrogen-bond acceptors (Lipinski definition) is 5. The van der Waals surface area contributed by atoms with E-state index in [4.69, 9.17) is 21.1 Å². The van der Waals surface area contributed by atoms with Crippen molar-refractivity contribution in [1.82, 2.24) is 5.32 Å². The molecule has 22 heavy (non-hydrogen) atoms. The summed E-state index contributed by atoms with van der Waals surface area (Å²) in [5, 5.41) is 5.10. The molecule has 2 aromatic rings. The van der Waals surface area contributed by atoms with Crippen LogP contribution < -0.4 is 10.1 Å². The number of benzene rings is 1. The molecule has 0 unspecified atom stereocenters. The van der Waals surface area contributed by atoms with E-state index in [1.165, 1.54) is 0 Å². The molecule has 0 atom stereocenters. The van der Waals surface area contributed by atoms with E-state index in [-0.39, 0.29) is 19.1 Å². The van der Waals surface area contributed by atoms with Gasteiger partial charge in [-0.1, -0.05) is 23.7 Å². The van der Waals surface area contributed by atoms with Gasteiger partial charge in [0.2, 0.25) is 0 Å². The molecular weight excluding hydrogens is 326 g/mol. The fourth-order valence-corrected chi connectivity index (χ4v) is 2.36. The third-order valence-electron chi connectivity index (χ3n) is 2.56. The van der Waals surface area contributed by atoms with Crippen LogP contribution in [0, 0.1) is 0 Å². The van der Waals surface area contributed by atoms with E-state index in [0.29, 0.717) is 17.3 Å². The van der Waals surface area contributed by atoms with Gasteiger partial charge in [-0.3, -0.25) is 4.79 Å². The van der Waals surface area contributed by atoms with Gasteiger partial charge in [-0.05, 0) is 29.6 Å². The first-order valence-electron chi connectivity index (χ1n) is 6.46. The molecule has 0 saturated heterocycles. The quantitative estimate of drug-likeness (QED) is 0.788. The highest BCUT2D eigenvalue weighted by molar-refractivity contribution is 7.09. The molecule has 1 heterocycles. The van der Waals surface area contributed by atoms with Crippen LogP contribution in [0.2, 0.25) is 5.02 Å². The van der Waals surface area contributed by atoms with Crippen LogP contribution in [0.4, 0.5) is 0 Å². The normalized spacial score (nSPS) is 10.0. The summed E-state index contributed by atoms with van der Waals surface area (Å²) in [5.74, 6) is -0.512. The number of rotatable bonds is 7. The van der Waals surface area contributed by atoms with Gasteiger partial charge in [-0.25, -0.2) is 4.79 Å². The van der Waals surface area contributed by atoms with Crippen molar-refractivity contribution < 1.29 is 19.1 Å². The molecule has 0 bridgehead atoms. The van der Waals surface area contributed by atoms with Crippen LogP contribution in [0.3, 0.4) is 0 Å². The van der Waals surface area contributed by atoms with Gasteiger partial charge in [0, 0.05) is 9.90 Å². The zero-order valence-electron chi connectivity index (χ0n) is 11.6. The molecule has 1 N–H and O–H groups in total. The number of halogens is 1. The summed E-state index contributed by atoms with van der Waals surface area (Å²) in [5.41, 5.74) is 0. The number of carbonyl (C=O) groups excluding carboxylic acids is 2. The highest BCUT2D eigenvalue weighted by Gasteiger charge is 2.08. The third kappa shape index (κ3) is 5.75. The number of ether oxygens (including phenoxy) is 2. The van der Waals surface area contributed by atoms with Crippen molar-refractivity contribution in [2.45, 2.75) is 6.54 Å². The second-order valence-electron chi connectivity index (χ2n) is 4.26. The van der Waals surface area contributed by atoms with Gasteiger partial charge in [-0.15, -0.1) is 11.3 Å². The first-order chi connectivity index (χ1) is 10.6. The molecule has 2 rings (SSSR count). The van der Waals surface area contributed by atoms with Crippen molar-refractivity contribution in [2.75, 3.05) is 13.2 Å². The Hall–Kier alpha value is -2.05. The smallest absolute Gasteiger partial charge is 0.344 e. The van der Waals surface area contributed by atoms with Crippen molar-refractivity contribution in [3.05, 3.63) is 51.7 Å². The summed E-state index contributed by atoms with van der Waals surface area (Å²) in [6.45, 7) is -0.186. The topological polar surface area (TPSA) is 64.6 Å². The van der Waals surface area contributed by atoms with Gasteiger partial charge < -0.3 is 14.8 Å². The second-order valence-corrected chi connectivity index (χ2v) is 5.73. The van der Waals surface area contributed by atoms with Crippen LogP contribution in [0.25, 0.3) is 0 Å². The predicted octanol–water partition coefficient (Wildman–Crippen LogP) is 2.64. The molecule has 5 nitrogen and oxygen atoms in total. The van der Waals surface area contributed by atoms with Crippen molar-refractivity contribution in [2.24, 2.45) is 0 Å². The zero-order valence-corrected chi connectivity index (χ0v) is 13.2. The second kappa shape index (κ2) is 8.41. The maximum absolute atomic E-state index is 11.5. The van der Waals surface area contributed by atoms with Gasteiger partial charge in [0.1, 0.15) is 5.75 Å². The maximum atomic E-state index is 11.5. The zero-order chi connectivity index (χ0) is 15.8. The van der Waals surface area contributed by atoms with Gasteiger partial charge in [0.25, 0.3) is 5.91 Å². The van der Waals surface area contributed by atoms with E-state index in [0.717, 1.165) is 4.88 Å². The van der Waals surface area contributed by atoms with Crippen LogP contribution in [0.15, 0.2) is 41.8 Å². The molecular formula is C15H14ClNO4S. The van der Waals surface area contributed by atoms with Gasteiger partial charge in [0.05, 0.1) is 6.54 Å². The molecule has 0 aliphatic carbocycles. The lowest BCUT2D eigenvalue weighted by Gasteiger charge is -2.07. The molecule has 1 aromatic heterocycles. The molecule has 7 heteroatoms. The van der Waals surface area contributed by atoms with E-state index >= 15 is 0 Å². The largest absolute Gasteiger partial charge is 0.482 e. The minimum absolute atomic E-state index is 0.279. The van der Waals surface area contributed by atoms with Crippen LogP contribution in [-0.4, -0.2) is 25.1 Å². The Morgan fingerprint density at radius 1 is 1.18 bits per heavy atom. The van der Waals surface area contributed by atoms with Crippen molar-refractivity contribution in [1.29, 1.82) is 0 Å². The lowest BCUT2D eigenvalue weighted by Crippen LogP contribution is -2.29.